The Morgan fingerprint density at radius 1 is 0.432 bits per heavy atom. The van der Waals surface area contributed by atoms with Crippen LogP contribution in [0.5, 0.6) is 0 Å². The topological polar surface area (TPSA) is 26.3 Å². The first-order valence-corrected chi connectivity index (χ1v) is 15.7. The third kappa shape index (κ3) is 4.00. The Kier molecular flexibility index (Phi) is 5.52. The monoisotopic (exact) mass is 574 g/mol. The van der Waals surface area contributed by atoms with Crippen LogP contribution < -0.4 is 0 Å². The van der Waals surface area contributed by atoms with Crippen molar-refractivity contribution in [3.8, 4) is 33.4 Å². The van der Waals surface area contributed by atoms with E-state index in [-0.39, 0.29) is 10.8 Å². The molecule has 0 atom stereocenters. The van der Waals surface area contributed by atoms with E-state index < -0.39 is 0 Å². The van der Waals surface area contributed by atoms with Crippen molar-refractivity contribution in [2.45, 2.75) is 66.2 Å². The molecule has 0 saturated heterocycles. The molecule has 218 valence electrons. The molecule has 0 aliphatic carbocycles. The zero-order valence-electron chi connectivity index (χ0n) is 26.9. The maximum Gasteiger partial charge on any atom is 0.136 e. The highest BCUT2D eigenvalue weighted by molar-refractivity contribution is 6.27. The van der Waals surface area contributed by atoms with Crippen molar-refractivity contribution in [2.75, 3.05) is 0 Å². The molecule has 8 rings (SSSR count). The summed E-state index contributed by atoms with van der Waals surface area (Å²) < 4.78 is 14.0. The predicted molar refractivity (Wildman–Crippen MR) is 187 cm³/mol. The minimum Gasteiger partial charge on any atom is -0.456 e. The standard InChI is InChI=1S/C42H38O2/c1-23-9-13-25(14-10-23)29-21-35-39-37-31(29)17-27(41(3,4)5)19-33(37)44-36-22-30(26-15-11-24(2)12-16-26)32-18-28(42(6,7)8)20-34(43-35)38(32)40(36)39/h9-22H,1-8H3. The number of rotatable bonds is 2. The molecule has 2 nitrogen and oxygen atoms in total. The van der Waals surface area contributed by atoms with Crippen molar-refractivity contribution in [1.29, 1.82) is 0 Å². The van der Waals surface area contributed by atoms with Gasteiger partial charge in [-0.3, -0.25) is 0 Å². The van der Waals surface area contributed by atoms with Gasteiger partial charge in [-0.15, -0.1) is 0 Å². The first-order valence-electron chi connectivity index (χ1n) is 15.7. The van der Waals surface area contributed by atoms with E-state index in [2.05, 4.69) is 140 Å². The minimum atomic E-state index is -0.0434. The fraction of sp³-hybridized carbons (Fsp3) is 0.238. The lowest BCUT2D eigenvalue weighted by Gasteiger charge is -2.27. The zero-order valence-corrected chi connectivity index (χ0v) is 26.9. The van der Waals surface area contributed by atoms with Crippen LogP contribution >= 0.6 is 0 Å². The number of hydrogen-bond donors (Lipinski definition) is 0. The molecule has 2 aliphatic heterocycles. The molecule has 6 aromatic carbocycles. The summed E-state index contributed by atoms with van der Waals surface area (Å²) in [6, 6.07) is 31.4. The normalized spacial score (nSPS) is 13.0. The molecule has 0 aromatic heterocycles. The fourth-order valence-electron chi connectivity index (χ4n) is 6.85. The Balaban J connectivity index is 1.60. The van der Waals surface area contributed by atoms with Crippen molar-refractivity contribution in [1.82, 2.24) is 0 Å². The number of aryl methyl sites for hydroxylation is 2. The predicted octanol–water partition coefficient (Wildman–Crippen LogP) is 12.6. The summed E-state index contributed by atoms with van der Waals surface area (Å²) in [5.41, 5.74) is 15.5. The quantitative estimate of drug-likeness (QED) is 0.152. The van der Waals surface area contributed by atoms with Gasteiger partial charge in [-0.2, -0.15) is 0 Å². The third-order valence-corrected chi connectivity index (χ3v) is 9.48. The van der Waals surface area contributed by atoms with Gasteiger partial charge in [0.2, 0.25) is 0 Å². The minimum absolute atomic E-state index is 0.0434. The summed E-state index contributed by atoms with van der Waals surface area (Å²) in [6.45, 7) is 17.9. The van der Waals surface area contributed by atoms with E-state index in [4.69, 9.17) is 8.83 Å². The SMILES string of the molecule is Cc1ccc(-c2cc3oc4cc(C(C)(C)C)cc5c(-c6ccc(C)cc6)cc6oc7cc(C(C)(C)C)cc2c7c3-c6c45)cc1. The van der Waals surface area contributed by atoms with Crippen LogP contribution in [0.3, 0.4) is 0 Å². The average Bonchev–Trinajstić information content (AvgIpc) is 2.97. The molecule has 0 saturated carbocycles. The summed E-state index contributed by atoms with van der Waals surface area (Å²) in [7, 11) is 0. The molecule has 0 radical (unpaired) electrons. The second kappa shape index (κ2) is 8.99. The van der Waals surface area contributed by atoms with Crippen LogP contribution in [0, 0.1) is 13.8 Å². The Morgan fingerprint density at radius 2 is 0.795 bits per heavy atom. The molecule has 2 heteroatoms. The van der Waals surface area contributed by atoms with E-state index in [9.17, 15) is 0 Å². The lowest BCUT2D eigenvalue weighted by Crippen LogP contribution is -2.12. The highest BCUT2D eigenvalue weighted by atomic mass is 16.3. The first kappa shape index (κ1) is 27.0. The van der Waals surface area contributed by atoms with Crippen LogP contribution in [-0.4, -0.2) is 0 Å². The van der Waals surface area contributed by atoms with Gasteiger partial charge in [0.1, 0.15) is 22.3 Å². The first-order chi connectivity index (χ1) is 20.9. The van der Waals surface area contributed by atoms with Crippen molar-refractivity contribution in [3.05, 3.63) is 107 Å². The summed E-state index contributed by atoms with van der Waals surface area (Å²) >= 11 is 0. The third-order valence-electron chi connectivity index (χ3n) is 9.48. The van der Waals surface area contributed by atoms with E-state index in [1.54, 1.807) is 0 Å². The highest BCUT2D eigenvalue weighted by Crippen LogP contribution is 2.53. The van der Waals surface area contributed by atoms with E-state index in [1.807, 2.05) is 0 Å². The Morgan fingerprint density at radius 3 is 1.14 bits per heavy atom. The van der Waals surface area contributed by atoms with Gasteiger partial charge in [-0.1, -0.05) is 101 Å². The van der Waals surface area contributed by atoms with Gasteiger partial charge in [-0.25, -0.2) is 0 Å². The van der Waals surface area contributed by atoms with Gasteiger partial charge in [0.25, 0.3) is 0 Å². The van der Waals surface area contributed by atoms with E-state index >= 15 is 0 Å². The lowest BCUT2D eigenvalue weighted by molar-refractivity contribution is 0.586. The van der Waals surface area contributed by atoms with E-state index in [0.717, 1.165) is 44.2 Å². The van der Waals surface area contributed by atoms with Gasteiger partial charge < -0.3 is 8.83 Å². The van der Waals surface area contributed by atoms with Gasteiger partial charge in [0.05, 0.1) is 0 Å². The Hall–Kier alpha value is -4.56. The number of hydrogen-bond acceptors (Lipinski definition) is 2. The van der Waals surface area contributed by atoms with Crippen molar-refractivity contribution < 1.29 is 8.83 Å². The van der Waals surface area contributed by atoms with Crippen LogP contribution in [0.25, 0.3) is 77.3 Å². The molecule has 2 heterocycles. The largest absolute Gasteiger partial charge is 0.456 e. The summed E-state index contributed by atoms with van der Waals surface area (Å²) in [6.07, 6.45) is 0. The molecule has 0 spiro atoms. The molecule has 0 N–H and O–H groups in total. The highest BCUT2D eigenvalue weighted by Gasteiger charge is 2.30. The molecular formula is C42H38O2. The number of benzene rings is 6. The molecule has 44 heavy (non-hydrogen) atoms. The molecule has 2 aliphatic rings. The molecule has 0 fully saturated rings. The second-order valence-electron chi connectivity index (χ2n) is 14.8. The lowest BCUT2D eigenvalue weighted by atomic mass is 9.80. The van der Waals surface area contributed by atoms with Crippen LogP contribution in [-0.2, 0) is 10.8 Å². The average molecular weight is 575 g/mol. The van der Waals surface area contributed by atoms with Gasteiger partial charge in [-0.05, 0) is 105 Å². The van der Waals surface area contributed by atoms with Crippen LogP contribution in [0.15, 0.2) is 93.8 Å². The summed E-state index contributed by atoms with van der Waals surface area (Å²) in [4.78, 5) is 0. The van der Waals surface area contributed by atoms with Crippen molar-refractivity contribution in [2.24, 2.45) is 0 Å². The molecular weight excluding hydrogens is 536 g/mol. The maximum absolute atomic E-state index is 7.01. The molecule has 0 amide bonds. The van der Waals surface area contributed by atoms with Crippen molar-refractivity contribution in [3.63, 3.8) is 0 Å². The molecule has 6 aromatic rings. The van der Waals surface area contributed by atoms with E-state index in [0.29, 0.717) is 0 Å². The van der Waals surface area contributed by atoms with Gasteiger partial charge in [0.15, 0.2) is 0 Å². The zero-order chi connectivity index (χ0) is 30.7. The van der Waals surface area contributed by atoms with Crippen LogP contribution in [0.4, 0.5) is 0 Å². The summed E-state index contributed by atoms with van der Waals surface area (Å²) in [5, 5.41) is 4.67. The Bertz CT molecular complexity index is 2160. The van der Waals surface area contributed by atoms with E-state index in [1.165, 1.54) is 55.3 Å². The maximum atomic E-state index is 7.01. The van der Waals surface area contributed by atoms with Gasteiger partial charge >= 0.3 is 0 Å². The smallest absolute Gasteiger partial charge is 0.136 e. The van der Waals surface area contributed by atoms with Crippen LogP contribution in [0.1, 0.15) is 63.8 Å². The molecule has 0 bridgehead atoms. The van der Waals surface area contributed by atoms with Gasteiger partial charge in [0, 0.05) is 21.9 Å². The second-order valence-corrected chi connectivity index (χ2v) is 14.8. The fourth-order valence-corrected chi connectivity index (χ4v) is 6.85. The molecule has 0 unspecified atom stereocenters. The Labute approximate surface area is 259 Å². The summed E-state index contributed by atoms with van der Waals surface area (Å²) in [5.74, 6) is 0. The van der Waals surface area contributed by atoms with Crippen LogP contribution in [0.2, 0.25) is 0 Å². The van der Waals surface area contributed by atoms with Crippen molar-refractivity contribution >= 4 is 43.9 Å².